The van der Waals surface area contributed by atoms with Crippen LogP contribution in [0.25, 0.3) is 0 Å². The van der Waals surface area contributed by atoms with Gasteiger partial charge in [-0.2, -0.15) is 4.67 Å². The topological polar surface area (TPSA) is 65.1 Å². The predicted octanol–water partition coefficient (Wildman–Crippen LogP) is 8.99. The Morgan fingerprint density at radius 3 is 2.02 bits per heavy atom. The van der Waals surface area contributed by atoms with E-state index < -0.39 is 7.75 Å². The zero-order valence-corrected chi connectivity index (χ0v) is 26.4. The molecule has 2 aliphatic rings. The number of carbonyl (C=O) groups is 1. The highest BCUT2D eigenvalue weighted by atomic mass is 31.2. The monoisotopic (exact) mass is 601 g/mol. The van der Waals surface area contributed by atoms with E-state index in [0.717, 1.165) is 38.5 Å². The van der Waals surface area contributed by atoms with Gasteiger partial charge < -0.3 is 13.8 Å². The summed E-state index contributed by atoms with van der Waals surface area (Å²) in [5, 5.41) is 0. The fraction of sp³-hybridized carbons (Fsp3) is 0.417. The Morgan fingerprint density at radius 2 is 1.42 bits per heavy atom. The van der Waals surface area contributed by atoms with E-state index in [4.69, 9.17) is 13.8 Å². The molecule has 3 aromatic carbocycles. The van der Waals surface area contributed by atoms with Crippen LogP contribution in [0.4, 0.5) is 0 Å². The lowest BCUT2D eigenvalue weighted by atomic mass is 9.64. The number of para-hydroxylation sites is 2. The third kappa shape index (κ3) is 7.79. The van der Waals surface area contributed by atoms with E-state index in [0.29, 0.717) is 24.0 Å². The standard InChI is InChI=1S/C36H44NO5P/c1-28-22-24-33(36(2,3)29-15-7-4-8-16-29)34(27-28)40-35(38)25-23-30-17-13-14-26-37(30)43(39,41-31-18-9-5-10-19-31)42-32-20-11-6-12-21-32/h4-12,15-16,18-21,23,25,28,30,33-34H,13-14,17,22,24,26-27H2,1-3H3/b25-23-/t28-,30+,33-,34-/m1/s1. The van der Waals surface area contributed by atoms with Crippen molar-refractivity contribution >= 4 is 13.7 Å². The van der Waals surface area contributed by atoms with E-state index in [1.807, 2.05) is 48.5 Å². The van der Waals surface area contributed by atoms with Crippen LogP contribution in [-0.4, -0.2) is 29.3 Å². The van der Waals surface area contributed by atoms with Crippen molar-refractivity contribution in [3.05, 3.63) is 109 Å². The van der Waals surface area contributed by atoms with Crippen molar-refractivity contribution in [3.63, 3.8) is 0 Å². The van der Waals surface area contributed by atoms with Crippen molar-refractivity contribution in [3.8, 4) is 11.5 Å². The van der Waals surface area contributed by atoms with Crippen LogP contribution in [0.5, 0.6) is 11.5 Å². The van der Waals surface area contributed by atoms with Crippen LogP contribution < -0.4 is 9.05 Å². The maximum Gasteiger partial charge on any atom is 0.516 e. The summed E-state index contributed by atoms with van der Waals surface area (Å²) in [6.07, 6.45) is 8.68. The smallest absolute Gasteiger partial charge is 0.459 e. The van der Waals surface area contributed by atoms with Gasteiger partial charge in [0.1, 0.15) is 17.6 Å². The first kappa shape index (κ1) is 31.1. The lowest BCUT2D eigenvalue weighted by molar-refractivity contribution is -0.150. The summed E-state index contributed by atoms with van der Waals surface area (Å²) in [6, 6.07) is 28.4. The molecule has 1 aliphatic heterocycles. The van der Waals surface area contributed by atoms with Gasteiger partial charge in [-0.3, -0.25) is 0 Å². The summed E-state index contributed by atoms with van der Waals surface area (Å²) in [5.41, 5.74) is 1.13. The fourth-order valence-corrected chi connectivity index (χ4v) is 8.50. The molecule has 5 rings (SSSR count). The first-order chi connectivity index (χ1) is 20.7. The molecule has 6 nitrogen and oxygen atoms in total. The molecule has 0 amide bonds. The number of carbonyl (C=O) groups excluding carboxylic acids is 1. The highest BCUT2D eigenvalue weighted by Crippen LogP contribution is 2.54. The molecule has 0 bridgehead atoms. The molecule has 0 unspecified atom stereocenters. The number of nitrogens with zero attached hydrogens (tertiary/aromatic N) is 1. The normalized spacial score (nSPS) is 23.5. The van der Waals surface area contributed by atoms with E-state index in [2.05, 4.69) is 45.0 Å². The van der Waals surface area contributed by atoms with Gasteiger partial charge in [0.25, 0.3) is 0 Å². The number of hydrogen-bond donors (Lipinski definition) is 0. The molecule has 1 heterocycles. The molecular weight excluding hydrogens is 557 g/mol. The van der Waals surface area contributed by atoms with Crippen LogP contribution >= 0.6 is 7.75 Å². The van der Waals surface area contributed by atoms with E-state index in [-0.39, 0.29) is 29.4 Å². The number of rotatable bonds is 10. The summed E-state index contributed by atoms with van der Waals surface area (Å²) < 4.78 is 34.8. The summed E-state index contributed by atoms with van der Waals surface area (Å²) in [6.45, 7) is 7.28. The number of benzene rings is 3. The molecular formula is C36H44NO5P. The lowest BCUT2D eigenvalue weighted by Gasteiger charge is -2.43. The first-order valence-corrected chi connectivity index (χ1v) is 17.0. The third-order valence-electron chi connectivity index (χ3n) is 8.98. The van der Waals surface area contributed by atoms with Crippen LogP contribution in [0.1, 0.15) is 64.9 Å². The summed E-state index contributed by atoms with van der Waals surface area (Å²) in [4.78, 5) is 13.3. The fourth-order valence-electron chi connectivity index (χ4n) is 6.54. The number of ether oxygens (including phenoxy) is 1. The van der Waals surface area contributed by atoms with Gasteiger partial charge in [0, 0.05) is 24.6 Å². The maximum atomic E-state index is 14.5. The molecule has 0 aromatic heterocycles. The van der Waals surface area contributed by atoms with Crippen molar-refractivity contribution in [2.45, 2.75) is 76.9 Å². The average molecular weight is 602 g/mol. The van der Waals surface area contributed by atoms with E-state index in [1.165, 1.54) is 11.6 Å². The molecule has 0 N–H and O–H groups in total. The van der Waals surface area contributed by atoms with Crippen molar-refractivity contribution in [1.29, 1.82) is 0 Å². The molecule has 1 saturated heterocycles. The Bertz CT molecular complexity index is 1350. The van der Waals surface area contributed by atoms with Gasteiger partial charge in [0.15, 0.2) is 0 Å². The second kappa shape index (κ2) is 14.0. The summed E-state index contributed by atoms with van der Waals surface area (Å²) in [7, 11) is -3.83. The number of piperidine rings is 1. The average Bonchev–Trinajstić information content (AvgIpc) is 3.01. The minimum Gasteiger partial charge on any atom is -0.459 e. The minimum atomic E-state index is -3.83. The van der Waals surface area contributed by atoms with Gasteiger partial charge in [-0.15, -0.1) is 0 Å². The van der Waals surface area contributed by atoms with Crippen LogP contribution in [0.3, 0.4) is 0 Å². The van der Waals surface area contributed by atoms with Crippen molar-refractivity contribution in [2.24, 2.45) is 11.8 Å². The molecule has 228 valence electrons. The first-order valence-electron chi connectivity index (χ1n) is 15.6. The van der Waals surface area contributed by atoms with Crippen LogP contribution in [0.15, 0.2) is 103 Å². The third-order valence-corrected chi connectivity index (χ3v) is 11.0. The molecule has 2 fully saturated rings. The molecule has 3 aromatic rings. The van der Waals surface area contributed by atoms with Gasteiger partial charge in [0.05, 0.1) is 0 Å². The molecule has 7 heteroatoms. The zero-order valence-electron chi connectivity index (χ0n) is 25.5. The molecule has 4 atom stereocenters. The Kier molecular flexibility index (Phi) is 10.1. The SMILES string of the molecule is C[C@@H]1CC[C@@H](C(C)(C)c2ccccc2)[C@H](OC(=O)/C=C\[C@@H]2CCCCN2P(=O)(Oc2ccccc2)Oc2ccccc2)C1. The minimum absolute atomic E-state index is 0.133. The summed E-state index contributed by atoms with van der Waals surface area (Å²) in [5.74, 6) is 1.28. The van der Waals surface area contributed by atoms with Crippen molar-refractivity contribution in [2.75, 3.05) is 6.54 Å². The predicted molar refractivity (Wildman–Crippen MR) is 171 cm³/mol. The quantitative estimate of drug-likeness (QED) is 0.131. The largest absolute Gasteiger partial charge is 0.516 e. The van der Waals surface area contributed by atoms with Crippen molar-refractivity contribution in [1.82, 2.24) is 4.67 Å². The Hall–Kier alpha value is -3.34. The summed E-state index contributed by atoms with van der Waals surface area (Å²) >= 11 is 0. The molecule has 43 heavy (non-hydrogen) atoms. The Morgan fingerprint density at radius 1 is 0.837 bits per heavy atom. The van der Waals surface area contributed by atoms with Crippen LogP contribution in [0, 0.1) is 11.8 Å². The molecule has 1 aliphatic carbocycles. The molecule has 1 saturated carbocycles. The van der Waals surface area contributed by atoms with Gasteiger partial charge in [-0.1, -0.05) is 106 Å². The van der Waals surface area contributed by atoms with E-state index in [9.17, 15) is 9.36 Å². The van der Waals surface area contributed by atoms with Gasteiger partial charge >= 0.3 is 13.7 Å². The molecule has 0 spiro atoms. The number of hydrogen-bond acceptors (Lipinski definition) is 5. The van der Waals surface area contributed by atoms with Crippen LogP contribution in [0.2, 0.25) is 0 Å². The Balaban J connectivity index is 1.34. The lowest BCUT2D eigenvalue weighted by Crippen LogP contribution is -2.43. The number of esters is 1. The zero-order chi connectivity index (χ0) is 30.3. The van der Waals surface area contributed by atoms with E-state index in [1.54, 1.807) is 28.9 Å². The highest BCUT2D eigenvalue weighted by Gasteiger charge is 2.43. The van der Waals surface area contributed by atoms with Crippen LogP contribution in [-0.2, 0) is 19.5 Å². The Labute approximate surface area is 256 Å². The highest BCUT2D eigenvalue weighted by molar-refractivity contribution is 7.52. The van der Waals surface area contributed by atoms with Gasteiger partial charge in [0.2, 0.25) is 0 Å². The second-order valence-corrected chi connectivity index (χ2v) is 14.3. The van der Waals surface area contributed by atoms with Gasteiger partial charge in [-0.05, 0) is 66.8 Å². The van der Waals surface area contributed by atoms with E-state index >= 15 is 0 Å². The van der Waals surface area contributed by atoms with Crippen molar-refractivity contribution < 1.29 is 23.1 Å². The maximum absolute atomic E-state index is 14.5. The second-order valence-electron chi connectivity index (χ2n) is 12.5. The van der Waals surface area contributed by atoms with Gasteiger partial charge in [-0.25, -0.2) is 9.36 Å². The molecule has 0 radical (unpaired) electrons.